The van der Waals surface area contributed by atoms with Gasteiger partial charge in [0.25, 0.3) is 0 Å². The van der Waals surface area contributed by atoms with Gasteiger partial charge in [0.15, 0.2) is 0 Å². The number of nitrogens with zero attached hydrogens (tertiary/aromatic N) is 2. The summed E-state index contributed by atoms with van der Waals surface area (Å²) >= 11 is 0. The van der Waals surface area contributed by atoms with E-state index in [0.29, 0.717) is 11.8 Å². The molecule has 1 N–H and O–H groups in total. The first kappa shape index (κ1) is 10.3. The fourth-order valence-corrected chi connectivity index (χ4v) is 3.66. The average Bonchev–Trinajstić information content (AvgIpc) is 2.94. The summed E-state index contributed by atoms with van der Waals surface area (Å²) in [6.45, 7) is 5.27. The second-order valence-corrected chi connectivity index (χ2v) is 5.28. The molecule has 1 aliphatic heterocycles. The van der Waals surface area contributed by atoms with Crippen molar-refractivity contribution in [2.75, 3.05) is 26.2 Å². The molecule has 3 rings (SSSR count). The topological polar surface area (TPSA) is 35.8 Å². The van der Waals surface area contributed by atoms with E-state index in [4.69, 9.17) is 5.11 Å². The third-order valence-electron chi connectivity index (χ3n) is 4.49. The van der Waals surface area contributed by atoms with Crippen molar-refractivity contribution in [1.82, 2.24) is 4.90 Å². The molecule has 0 spiro atoms. The van der Waals surface area contributed by atoms with Gasteiger partial charge in [-0.1, -0.05) is 19.1 Å². The summed E-state index contributed by atoms with van der Waals surface area (Å²) in [5, 5.41) is 9.07. The van der Waals surface area contributed by atoms with E-state index in [1.165, 1.54) is 12.3 Å². The molecular weight excluding hydrogens is 200 g/mol. The maximum atomic E-state index is 9.07. The summed E-state index contributed by atoms with van der Waals surface area (Å²) in [5.41, 5.74) is 0. The molecule has 3 nitrogen and oxygen atoms in total. The highest BCUT2D eigenvalue weighted by Gasteiger charge is 2.46. The molecule has 1 heterocycles. The smallest absolute Gasteiger partial charge is 0.103 e. The van der Waals surface area contributed by atoms with Crippen molar-refractivity contribution >= 4 is 5.84 Å². The van der Waals surface area contributed by atoms with Crippen LogP contribution in [0.15, 0.2) is 17.1 Å². The van der Waals surface area contributed by atoms with Gasteiger partial charge in [-0.25, -0.2) is 0 Å². The van der Waals surface area contributed by atoms with Crippen molar-refractivity contribution in [3.05, 3.63) is 12.2 Å². The van der Waals surface area contributed by atoms with Crippen LogP contribution in [0.3, 0.4) is 0 Å². The van der Waals surface area contributed by atoms with Crippen LogP contribution >= 0.6 is 0 Å². The Balaban J connectivity index is 1.80. The fraction of sp³-hybridized carbons (Fsp3) is 0.769. The number of hydrogen-bond acceptors (Lipinski definition) is 3. The van der Waals surface area contributed by atoms with E-state index in [9.17, 15) is 0 Å². The summed E-state index contributed by atoms with van der Waals surface area (Å²) < 4.78 is 0. The first-order valence-corrected chi connectivity index (χ1v) is 6.39. The molecule has 2 bridgehead atoms. The van der Waals surface area contributed by atoms with Gasteiger partial charge in [-0.2, -0.15) is 0 Å². The largest absolute Gasteiger partial charge is 0.395 e. The van der Waals surface area contributed by atoms with Crippen LogP contribution in [0.4, 0.5) is 0 Å². The molecule has 0 amide bonds. The van der Waals surface area contributed by atoms with E-state index in [2.05, 4.69) is 29.0 Å². The summed E-state index contributed by atoms with van der Waals surface area (Å²) in [6.07, 6.45) is 6.09. The highest BCUT2D eigenvalue weighted by atomic mass is 16.3. The second kappa shape index (κ2) is 3.88. The first-order valence-electron chi connectivity index (χ1n) is 6.39. The molecule has 88 valence electrons. The predicted molar refractivity (Wildman–Crippen MR) is 64.4 cm³/mol. The summed E-state index contributed by atoms with van der Waals surface area (Å²) in [6, 6.07) is 0. The molecule has 1 fully saturated rings. The Kier molecular flexibility index (Phi) is 2.51. The molecule has 0 aromatic rings. The molecule has 3 heteroatoms. The van der Waals surface area contributed by atoms with Crippen LogP contribution in [0.5, 0.6) is 0 Å². The normalized spacial score (nSPS) is 40.9. The Morgan fingerprint density at radius 2 is 2.25 bits per heavy atom. The third-order valence-corrected chi connectivity index (χ3v) is 4.49. The van der Waals surface area contributed by atoms with Crippen LogP contribution < -0.4 is 0 Å². The van der Waals surface area contributed by atoms with Crippen LogP contribution in [-0.2, 0) is 0 Å². The van der Waals surface area contributed by atoms with Crippen molar-refractivity contribution in [2.24, 2.45) is 28.7 Å². The minimum Gasteiger partial charge on any atom is -0.395 e. The number of aliphatic hydroxyl groups excluding tert-OH is 1. The zero-order valence-corrected chi connectivity index (χ0v) is 9.84. The number of rotatable bonds is 3. The van der Waals surface area contributed by atoms with Crippen molar-refractivity contribution in [1.29, 1.82) is 0 Å². The summed E-state index contributed by atoms with van der Waals surface area (Å²) in [4.78, 5) is 6.97. The van der Waals surface area contributed by atoms with Crippen LogP contribution in [0, 0.1) is 23.7 Å². The number of hydrogen-bond donors (Lipinski definition) is 1. The lowest BCUT2D eigenvalue weighted by molar-refractivity contribution is 0.248. The molecular formula is C13H20N2O. The SMILES string of the molecule is CC1C2C=CC(C2)C1C1=NCCN1CCO. The lowest BCUT2D eigenvalue weighted by atomic mass is 9.83. The lowest BCUT2D eigenvalue weighted by Gasteiger charge is -2.30. The molecule has 0 radical (unpaired) electrons. The summed E-state index contributed by atoms with van der Waals surface area (Å²) in [7, 11) is 0. The van der Waals surface area contributed by atoms with Gasteiger partial charge in [-0.05, 0) is 24.2 Å². The number of allylic oxidation sites excluding steroid dienone is 2. The van der Waals surface area contributed by atoms with Gasteiger partial charge in [0.05, 0.1) is 13.2 Å². The van der Waals surface area contributed by atoms with Gasteiger partial charge in [-0.15, -0.1) is 0 Å². The maximum Gasteiger partial charge on any atom is 0.103 e. The Bertz CT molecular complexity index is 337. The Labute approximate surface area is 96.9 Å². The van der Waals surface area contributed by atoms with Crippen molar-refractivity contribution in [3.8, 4) is 0 Å². The number of aliphatic hydroxyl groups is 1. The van der Waals surface area contributed by atoms with E-state index < -0.39 is 0 Å². The Morgan fingerprint density at radius 1 is 1.44 bits per heavy atom. The summed E-state index contributed by atoms with van der Waals surface area (Å²) in [5.74, 6) is 4.10. The van der Waals surface area contributed by atoms with Gasteiger partial charge in [0.2, 0.25) is 0 Å². The number of fused-ring (bicyclic) bond motifs is 2. The Hall–Kier alpha value is -0.830. The van der Waals surface area contributed by atoms with E-state index >= 15 is 0 Å². The third kappa shape index (κ3) is 1.41. The molecule has 0 aromatic carbocycles. The van der Waals surface area contributed by atoms with E-state index in [-0.39, 0.29) is 6.61 Å². The molecule has 16 heavy (non-hydrogen) atoms. The van der Waals surface area contributed by atoms with Gasteiger partial charge in [0, 0.05) is 19.0 Å². The van der Waals surface area contributed by atoms with Gasteiger partial charge >= 0.3 is 0 Å². The number of β-amino-alcohol motifs (C(OH)–C–C–N with tert-alkyl or cyclic N) is 1. The zero-order valence-electron chi connectivity index (χ0n) is 9.84. The van der Waals surface area contributed by atoms with Crippen molar-refractivity contribution in [2.45, 2.75) is 13.3 Å². The van der Waals surface area contributed by atoms with Crippen LogP contribution in [0.25, 0.3) is 0 Å². The lowest BCUT2D eigenvalue weighted by Crippen LogP contribution is -2.39. The molecule has 3 aliphatic rings. The predicted octanol–water partition coefficient (Wildman–Crippen LogP) is 1.15. The second-order valence-electron chi connectivity index (χ2n) is 5.28. The van der Waals surface area contributed by atoms with E-state index in [0.717, 1.165) is 31.5 Å². The number of amidine groups is 1. The van der Waals surface area contributed by atoms with Gasteiger partial charge < -0.3 is 10.0 Å². The van der Waals surface area contributed by atoms with Crippen molar-refractivity contribution in [3.63, 3.8) is 0 Å². The molecule has 0 saturated heterocycles. The van der Waals surface area contributed by atoms with Crippen molar-refractivity contribution < 1.29 is 5.11 Å². The van der Waals surface area contributed by atoms with E-state index in [1.54, 1.807) is 0 Å². The molecule has 4 atom stereocenters. The standard InChI is InChI=1S/C13H20N2O/c1-9-10-2-3-11(8-10)12(9)13-14-4-5-15(13)6-7-16/h2-3,9-12,16H,4-8H2,1H3. The highest BCUT2D eigenvalue weighted by Crippen LogP contribution is 2.48. The minimum absolute atomic E-state index is 0.240. The quantitative estimate of drug-likeness (QED) is 0.724. The van der Waals surface area contributed by atoms with Gasteiger partial charge in [0.1, 0.15) is 5.84 Å². The molecule has 4 unspecified atom stereocenters. The van der Waals surface area contributed by atoms with Gasteiger partial charge in [-0.3, -0.25) is 4.99 Å². The zero-order chi connectivity index (χ0) is 11.1. The van der Waals surface area contributed by atoms with E-state index in [1.807, 2.05) is 0 Å². The fourth-order valence-electron chi connectivity index (χ4n) is 3.66. The number of aliphatic imine (C=N–C) groups is 1. The highest BCUT2D eigenvalue weighted by molar-refractivity contribution is 5.87. The first-order chi connectivity index (χ1) is 7.81. The molecule has 0 aromatic heterocycles. The van der Waals surface area contributed by atoms with Crippen LogP contribution in [0.1, 0.15) is 13.3 Å². The maximum absolute atomic E-state index is 9.07. The monoisotopic (exact) mass is 220 g/mol. The Morgan fingerprint density at radius 3 is 2.94 bits per heavy atom. The molecule has 2 aliphatic carbocycles. The minimum atomic E-state index is 0.240. The van der Waals surface area contributed by atoms with Crippen LogP contribution in [-0.4, -0.2) is 42.1 Å². The average molecular weight is 220 g/mol. The molecule has 1 saturated carbocycles. The van der Waals surface area contributed by atoms with Crippen LogP contribution in [0.2, 0.25) is 0 Å².